The Labute approximate surface area is 215 Å². The van der Waals surface area contributed by atoms with Crippen LogP contribution in [0.5, 0.6) is 0 Å². The van der Waals surface area contributed by atoms with Gasteiger partial charge in [-0.15, -0.1) is 0 Å². The SMILES string of the molecule is Cc1cc(N)ncc1-n1cc(C(=O)O)c(=O)c2cc(F)c(N3Cc4cccnc4C3)nc21.O=C(O)C(F)(F)F. The fourth-order valence-electron chi connectivity index (χ4n) is 3.94. The lowest BCUT2D eigenvalue weighted by Gasteiger charge is -2.19. The van der Waals surface area contributed by atoms with Crippen molar-refractivity contribution < 1.29 is 37.4 Å². The molecule has 0 fully saturated rings. The summed E-state index contributed by atoms with van der Waals surface area (Å²) in [4.78, 5) is 48.0. The lowest BCUT2D eigenvalue weighted by atomic mass is 10.1. The number of carboxylic acids is 2. The standard InChI is InChI=1S/C22H17FN6O3.C2HF3O2/c1-11-5-18(24)26-7-17(11)29-9-14(22(31)32)19(30)13-6-15(23)21(27-20(13)29)28-8-12-3-2-4-25-16(12)10-28;3-2(4,5)1(6)7/h2-7,9H,8,10H2,1H3,(H2,24,26)(H,31,32);(H,6,7). The number of carboxylic acid groups (broad SMARTS) is 2. The van der Waals surface area contributed by atoms with E-state index in [0.29, 0.717) is 24.3 Å². The maximum atomic E-state index is 15.1. The summed E-state index contributed by atoms with van der Waals surface area (Å²) in [6, 6.07) is 6.39. The van der Waals surface area contributed by atoms with Crippen LogP contribution in [-0.4, -0.2) is 47.8 Å². The molecule has 11 nitrogen and oxygen atoms in total. The summed E-state index contributed by atoms with van der Waals surface area (Å²) in [7, 11) is 0. The van der Waals surface area contributed by atoms with Gasteiger partial charge in [-0.3, -0.25) is 14.3 Å². The summed E-state index contributed by atoms with van der Waals surface area (Å²) >= 11 is 0. The van der Waals surface area contributed by atoms with E-state index in [1.807, 2.05) is 12.1 Å². The molecule has 0 unspecified atom stereocenters. The second kappa shape index (κ2) is 10.00. The number of alkyl halides is 3. The Bertz CT molecular complexity index is 1660. The minimum atomic E-state index is -5.08. The third-order valence-electron chi connectivity index (χ3n) is 5.74. The van der Waals surface area contributed by atoms with Crippen molar-refractivity contribution in [2.45, 2.75) is 26.2 Å². The molecule has 5 rings (SSSR count). The Kier molecular flexibility index (Phi) is 6.91. The smallest absolute Gasteiger partial charge is 0.477 e. The second-order valence-electron chi connectivity index (χ2n) is 8.38. The number of aliphatic carboxylic acids is 1. The first-order valence-electron chi connectivity index (χ1n) is 11.0. The van der Waals surface area contributed by atoms with Crippen LogP contribution in [0.3, 0.4) is 0 Å². The zero-order valence-electron chi connectivity index (χ0n) is 19.9. The van der Waals surface area contributed by atoms with Gasteiger partial charge in [-0.05, 0) is 36.2 Å². The van der Waals surface area contributed by atoms with E-state index in [4.69, 9.17) is 15.6 Å². The first kappa shape index (κ1) is 27.0. The number of fused-ring (bicyclic) bond motifs is 2. The summed E-state index contributed by atoms with van der Waals surface area (Å²) in [5, 5.41) is 16.5. The topological polar surface area (TPSA) is 165 Å². The van der Waals surface area contributed by atoms with Gasteiger partial charge in [-0.2, -0.15) is 13.2 Å². The molecule has 0 atom stereocenters. The van der Waals surface area contributed by atoms with E-state index in [1.54, 1.807) is 24.1 Å². The third kappa shape index (κ3) is 5.32. The number of aryl methyl sites for hydroxylation is 1. The number of hydrogen-bond donors (Lipinski definition) is 3. The number of hydrogen-bond acceptors (Lipinski definition) is 8. The van der Waals surface area contributed by atoms with Crippen LogP contribution in [-0.2, 0) is 17.9 Å². The number of nitrogens with two attached hydrogens (primary N) is 1. The normalized spacial score (nSPS) is 12.6. The Morgan fingerprint density at radius 3 is 2.41 bits per heavy atom. The molecule has 39 heavy (non-hydrogen) atoms. The second-order valence-corrected chi connectivity index (χ2v) is 8.38. The monoisotopic (exact) mass is 546 g/mol. The molecule has 5 heterocycles. The highest BCUT2D eigenvalue weighted by Gasteiger charge is 2.38. The number of nitrogen functional groups attached to an aromatic ring is 1. The lowest BCUT2D eigenvalue weighted by Crippen LogP contribution is -2.22. The number of anilines is 2. The maximum Gasteiger partial charge on any atom is 0.490 e. The minimum absolute atomic E-state index is 0.0489. The van der Waals surface area contributed by atoms with Gasteiger partial charge in [0.25, 0.3) is 0 Å². The Morgan fingerprint density at radius 1 is 1.13 bits per heavy atom. The van der Waals surface area contributed by atoms with Crippen molar-refractivity contribution in [3.63, 3.8) is 0 Å². The molecule has 4 N–H and O–H groups in total. The lowest BCUT2D eigenvalue weighted by molar-refractivity contribution is -0.192. The van der Waals surface area contributed by atoms with Crippen molar-refractivity contribution in [2.24, 2.45) is 0 Å². The summed E-state index contributed by atoms with van der Waals surface area (Å²) in [6.45, 7) is 2.55. The molecule has 4 aromatic heterocycles. The average molecular weight is 546 g/mol. The van der Waals surface area contributed by atoms with Crippen LogP contribution in [0.1, 0.15) is 27.2 Å². The molecule has 15 heteroatoms. The fraction of sp³-hybridized carbons (Fsp3) is 0.167. The summed E-state index contributed by atoms with van der Waals surface area (Å²) in [6.07, 6.45) is -0.767. The van der Waals surface area contributed by atoms with Crippen LogP contribution in [0.15, 0.2) is 47.7 Å². The minimum Gasteiger partial charge on any atom is -0.477 e. The zero-order chi connectivity index (χ0) is 28.6. The number of pyridine rings is 4. The van der Waals surface area contributed by atoms with Crippen molar-refractivity contribution in [2.75, 3.05) is 10.6 Å². The van der Waals surface area contributed by atoms with E-state index in [0.717, 1.165) is 17.3 Å². The number of halogens is 4. The molecule has 0 saturated carbocycles. The van der Waals surface area contributed by atoms with Crippen LogP contribution in [0, 0.1) is 12.7 Å². The van der Waals surface area contributed by atoms with Gasteiger partial charge in [0.15, 0.2) is 17.3 Å². The highest BCUT2D eigenvalue weighted by Crippen LogP contribution is 2.30. The molecule has 202 valence electrons. The predicted octanol–water partition coefficient (Wildman–Crippen LogP) is 3.06. The number of aromatic carboxylic acids is 1. The molecule has 0 bridgehead atoms. The fourth-order valence-corrected chi connectivity index (χ4v) is 3.94. The molecule has 4 aromatic rings. The largest absolute Gasteiger partial charge is 0.490 e. The molecule has 1 aliphatic heterocycles. The van der Waals surface area contributed by atoms with Gasteiger partial charge in [0.1, 0.15) is 11.4 Å². The highest BCUT2D eigenvalue weighted by atomic mass is 19.4. The van der Waals surface area contributed by atoms with Gasteiger partial charge in [0, 0.05) is 18.9 Å². The van der Waals surface area contributed by atoms with Crippen molar-refractivity contribution in [1.29, 1.82) is 0 Å². The molecule has 0 spiro atoms. The van der Waals surface area contributed by atoms with E-state index in [2.05, 4.69) is 15.0 Å². The van der Waals surface area contributed by atoms with Gasteiger partial charge in [-0.1, -0.05) is 6.07 Å². The molecule has 0 amide bonds. The summed E-state index contributed by atoms with van der Waals surface area (Å²) in [5.41, 5.74) is 7.50. The molecule has 0 radical (unpaired) electrons. The molecule has 0 saturated heterocycles. The molecular formula is C24H18F4N6O5. The van der Waals surface area contributed by atoms with Crippen molar-refractivity contribution in [3.8, 4) is 5.69 Å². The maximum absolute atomic E-state index is 15.1. The predicted molar refractivity (Wildman–Crippen MR) is 129 cm³/mol. The summed E-state index contributed by atoms with van der Waals surface area (Å²) in [5.74, 6) is -4.56. The van der Waals surface area contributed by atoms with Crippen LogP contribution in [0.25, 0.3) is 16.7 Å². The number of carbonyl (C=O) groups is 2. The Hall–Kier alpha value is -5.08. The van der Waals surface area contributed by atoms with Crippen LogP contribution in [0.2, 0.25) is 0 Å². The van der Waals surface area contributed by atoms with Crippen LogP contribution < -0.4 is 16.1 Å². The van der Waals surface area contributed by atoms with E-state index in [-0.39, 0.29) is 22.7 Å². The number of rotatable bonds is 3. The Morgan fingerprint density at radius 2 is 1.82 bits per heavy atom. The molecular weight excluding hydrogens is 528 g/mol. The molecule has 1 aliphatic rings. The van der Waals surface area contributed by atoms with E-state index in [9.17, 15) is 27.9 Å². The van der Waals surface area contributed by atoms with Gasteiger partial charge >= 0.3 is 18.1 Å². The van der Waals surface area contributed by atoms with Gasteiger partial charge in [0.2, 0.25) is 5.43 Å². The van der Waals surface area contributed by atoms with Gasteiger partial charge in [-0.25, -0.2) is 23.9 Å². The van der Waals surface area contributed by atoms with Crippen molar-refractivity contribution in [3.05, 3.63) is 81.3 Å². The van der Waals surface area contributed by atoms with Gasteiger partial charge < -0.3 is 20.8 Å². The Balaban J connectivity index is 0.000000448. The zero-order valence-corrected chi connectivity index (χ0v) is 19.9. The number of nitrogens with zero attached hydrogens (tertiary/aromatic N) is 5. The van der Waals surface area contributed by atoms with E-state index < -0.39 is 34.9 Å². The van der Waals surface area contributed by atoms with E-state index in [1.165, 1.54) is 17.0 Å². The first-order valence-corrected chi connectivity index (χ1v) is 11.0. The molecule has 0 aromatic carbocycles. The highest BCUT2D eigenvalue weighted by molar-refractivity contribution is 5.92. The average Bonchev–Trinajstić information content (AvgIpc) is 3.28. The van der Waals surface area contributed by atoms with E-state index >= 15 is 4.39 Å². The van der Waals surface area contributed by atoms with Crippen molar-refractivity contribution >= 4 is 34.6 Å². The van der Waals surface area contributed by atoms with Gasteiger partial charge in [0.05, 0.1) is 29.5 Å². The van der Waals surface area contributed by atoms with Crippen LogP contribution >= 0.6 is 0 Å². The third-order valence-corrected chi connectivity index (χ3v) is 5.74. The first-order chi connectivity index (χ1) is 18.3. The molecule has 0 aliphatic carbocycles. The summed E-state index contributed by atoms with van der Waals surface area (Å²) < 4.78 is 48.3. The van der Waals surface area contributed by atoms with Crippen LogP contribution in [0.4, 0.5) is 29.2 Å². The van der Waals surface area contributed by atoms with Crippen molar-refractivity contribution in [1.82, 2.24) is 19.5 Å². The quantitative estimate of drug-likeness (QED) is 0.325. The number of aromatic nitrogens is 4.